The number of rotatable bonds is 4. The Kier molecular flexibility index (Phi) is 5.10. The highest BCUT2D eigenvalue weighted by atomic mass is 35.5. The van der Waals surface area contributed by atoms with Gasteiger partial charge in [0.2, 0.25) is 5.91 Å². The summed E-state index contributed by atoms with van der Waals surface area (Å²) in [5.41, 5.74) is 2.29. The summed E-state index contributed by atoms with van der Waals surface area (Å²) >= 11 is 7.15. The Morgan fingerprint density at radius 2 is 2.08 bits per heavy atom. The molecule has 0 saturated carbocycles. The summed E-state index contributed by atoms with van der Waals surface area (Å²) in [5, 5.41) is 0. The van der Waals surface area contributed by atoms with Crippen LogP contribution in [0.2, 0.25) is 0 Å². The summed E-state index contributed by atoms with van der Waals surface area (Å²) in [7, 11) is 0. The Bertz CT molecular complexity index is 768. The summed E-state index contributed by atoms with van der Waals surface area (Å²) in [4.78, 5) is 18.9. The molecule has 1 aliphatic rings. The van der Waals surface area contributed by atoms with Crippen molar-refractivity contribution in [3.05, 3.63) is 51.2 Å². The Labute approximate surface area is 146 Å². The maximum Gasteiger partial charge on any atom is 0.238 e. The van der Waals surface area contributed by atoms with Gasteiger partial charge in [0.05, 0.1) is 17.7 Å². The van der Waals surface area contributed by atoms with Crippen molar-refractivity contribution in [1.29, 1.82) is 0 Å². The topological polar surface area (TPSA) is 33.2 Å². The standard InChI is InChI=1S/C16H14ClF3N2OS/c17-6-15(23)22(7-10-11(18)2-3-12(19)16(10)20)9-1-4-13-14(5-9)24-8-21-13/h2-3,8-9H,1,4-7H2. The lowest BCUT2D eigenvalue weighted by Crippen LogP contribution is -2.43. The molecule has 1 atom stereocenters. The van der Waals surface area contributed by atoms with Crippen molar-refractivity contribution in [1.82, 2.24) is 9.88 Å². The molecule has 1 aromatic heterocycles. The minimum absolute atomic E-state index is 0.244. The summed E-state index contributed by atoms with van der Waals surface area (Å²) in [5.74, 6) is -4.02. The molecule has 128 valence electrons. The highest BCUT2D eigenvalue weighted by Crippen LogP contribution is 2.29. The molecule has 0 spiro atoms. The van der Waals surface area contributed by atoms with E-state index in [0.717, 1.165) is 22.7 Å². The monoisotopic (exact) mass is 374 g/mol. The molecule has 3 rings (SSSR count). The highest BCUT2D eigenvalue weighted by molar-refractivity contribution is 7.09. The minimum Gasteiger partial charge on any atom is -0.334 e. The zero-order valence-corrected chi connectivity index (χ0v) is 14.1. The van der Waals surface area contributed by atoms with Crippen molar-refractivity contribution in [2.75, 3.05) is 5.88 Å². The van der Waals surface area contributed by atoms with Crippen LogP contribution in [-0.4, -0.2) is 27.7 Å². The molecular formula is C16H14ClF3N2OS. The number of aryl methyl sites for hydroxylation is 1. The van der Waals surface area contributed by atoms with E-state index in [2.05, 4.69) is 4.98 Å². The number of aromatic nitrogens is 1. The second-order valence-electron chi connectivity index (χ2n) is 5.60. The molecule has 1 aliphatic carbocycles. The lowest BCUT2D eigenvalue weighted by Gasteiger charge is -2.34. The first-order chi connectivity index (χ1) is 11.5. The van der Waals surface area contributed by atoms with Crippen LogP contribution in [0.5, 0.6) is 0 Å². The normalized spacial score (nSPS) is 16.8. The number of amides is 1. The number of nitrogens with zero attached hydrogens (tertiary/aromatic N) is 2. The molecule has 1 amide bonds. The Morgan fingerprint density at radius 3 is 2.83 bits per heavy atom. The predicted molar refractivity (Wildman–Crippen MR) is 85.5 cm³/mol. The lowest BCUT2D eigenvalue weighted by atomic mass is 9.95. The van der Waals surface area contributed by atoms with Crippen LogP contribution in [-0.2, 0) is 24.2 Å². The molecule has 8 heteroatoms. The average Bonchev–Trinajstić information content (AvgIpc) is 3.05. The molecule has 0 N–H and O–H groups in total. The SMILES string of the molecule is O=C(CCl)N(Cc1c(F)ccc(F)c1F)C1CCc2ncsc2C1. The molecule has 0 saturated heterocycles. The van der Waals surface area contributed by atoms with E-state index in [-0.39, 0.29) is 18.5 Å². The maximum absolute atomic E-state index is 14.0. The van der Waals surface area contributed by atoms with E-state index in [0.29, 0.717) is 19.3 Å². The van der Waals surface area contributed by atoms with Crippen LogP contribution in [0.15, 0.2) is 17.6 Å². The summed E-state index contributed by atoms with van der Waals surface area (Å²) in [6, 6.07) is 1.34. The van der Waals surface area contributed by atoms with Gasteiger partial charge in [-0.2, -0.15) is 0 Å². The summed E-state index contributed by atoms with van der Waals surface area (Å²) in [6.45, 7) is -0.347. The van der Waals surface area contributed by atoms with Crippen molar-refractivity contribution in [2.24, 2.45) is 0 Å². The average molecular weight is 375 g/mol. The third-order valence-corrected chi connectivity index (χ3v) is 5.33. The number of benzene rings is 1. The number of alkyl halides is 1. The fraction of sp³-hybridized carbons (Fsp3) is 0.375. The van der Waals surface area contributed by atoms with Crippen molar-refractivity contribution in [3.8, 4) is 0 Å². The summed E-state index contributed by atoms with van der Waals surface area (Å²) in [6.07, 6.45) is 1.86. The zero-order valence-electron chi connectivity index (χ0n) is 12.6. The molecular weight excluding hydrogens is 361 g/mol. The quantitative estimate of drug-likeness (QED) is 0.604. The predicted octanol–water partition coefficient (Wildman–Crippen LogP) is 3.69. The van der Waals surface area contributed by atoms with Crippen LogP contribution in [0, 0.1) is 17.5 Å². The van der Waals surface area contributed by atoms with Gasteiger partial charge in [-0.3, -0.25) is 4.79 Å². The first kappa shape index (κ1) is 17.2. The van der Waals surface area contributed by atoms with Gasteiger partial charge in [0.1, 0.15) is 11.7 Å². The Hall–Kier alpha value is -1.60. The van der Waals surface area contributed by atoms with Crippen molar-refractivity contribution < 1.29 is 18.0 Å². The third-order valence-electron chi connectivity index (χ3n) is 4.20. The molecule has 0 aliphatic heterocycles. The summed E-state index contributed by atoms with van der Waals surface area (Å²) < 4.78 is 41.3. The van der Waals surface area contributed by atoms with E-state index in [1.165, 1.54) is 16.2 Å². The number of carbonyl (C=O) groups excluding carboxylic acids is 1. The number of fused-ring (bicyclic) bond motifs is 1. The number of thiazole rings is 1. The van der Waals surface area contributed by atoms with Crippen molar-refractivity contribution in [2.45, 2.75) is 31.8 Å². The van der Waals surface area contributed by atoms with Crippen LogP contribution >= 0.6 is 22.9 Å². The maximum atomic E-state index is 14.0. The van der Waals surface area contributed by atoms with Crippen molar-refractivity contribution >= 4 is 28.8 Å². The van der Waals surface area contributed by atoms with Gasteiger partial charge < -0.3 is 4.90 Å². The van der Waals surface area contributed by atoms with Gasteiger partial charge in [0.25, 0.3) is 0 Å². The van der Waals surface area contributed by atoms with Gasteiger partial charge in [0, 0.05) is 22.9 Å². The number of hydrogen-bond donors (Lipinski definition) is 0. The first-order valence-electron chi connectivity index (χ1n) is 7.40. The van der Waals surface area contributed by atoms with E-state index in [9.17, 15) is 18.0 Å². The van der Waals surface area contributed by atoms with E-state index in [1.54, 1.807) is 5.51 Å². The largest absolute Gasteiger partial charge is 0.334 e. The van der Waals surface area contributed by atoms with Crippen LogP contribution in [0.1, 0.15) is 22.6 Å². The second-order valence-corrected chi connectivity index (χ2v) is 6.80. The first-order valence-corrected chi connectivity index (χ1v) is 8.81. The fourth-order valence-electron chi connectivity index (χ4n) is 2.93. The minimum atomic E-state index is -1.27. The highest BCUT2D eigenvalue weighted by Gasteiger charge is 2.30. The molecule has 0 bridgehead atoms. The second kappa shape index (κ2) is 7.11. The van der Waals surface area contributed by atoms with Crippen molar-refractivity contribution in [3.63, 3.8) is 0 Å². The smallest absolute Gasteiger partial charge is 0.238 e. The van der Waals surface area contributed by atoms with Crippen LogP contribution in [0.25, 0.3) is 0 Å². The Balaban J connectivity index is 1.89. The van der Waals surface area contributed by atoms with Gasteiger partial charge >= 0.3 is 0 Å². The molecule has 0 fully saturated rings. The molecule has 24 heavy (non-hydrogen) atoms. The number of carbonyl (C=O) groups is 1. The molecule has 1 unspecified atom stereocenters. The molecule has 1 aromatic carbocycles. The van der Waals surface area contributed by atoms with Crippen LogP contribution < -0.4 is 0 Å². The fourth-order valence-corrected chi connectivity index (χ4v) is 3.97. The van der Waals surface area contributed by atoms with Gasteiger partial charge in [0.15, 0.2) is 11.6 Å². The zero-order chi connectivity index (χ0) is 17.3. The van der Waals surface area contributed by atoms with E-state index < -0.39 is 28.9 Å². The van der Waals surface area contributed by atoms with E-state index >= 15 is 0 Å². The van der Waals surface area contributed by atoms with E-state index in [4.69, 9.17) is 11.6 Å². The Morgan fingerprint density at radius 1 is 1.33 bits per heavy atom. The molecule has 1 heterocycles. The van der Waals surface area contributed by atoms with Crippen LogP contribution in [0.4, 0.5) is 13.2 Å². The molecule has 2 aromatic rings. The van der Waals surface area contributed by atoms with Crippen LogP contribution in [0.3, 0.4) is 0 Å². The number of hydrogen-bond acceptors (Lipinski definition) is 3. The number of halogens is 4. The molecule has 3 nitrogen and oxygen atoms in total. The third kappa shape index (κ3) is 3.28. The van der Waals surface area contributed by atoms with Gasteiger partial charge in [-0.15, -0.1) is 22.9 Å². The van der Waals surface area contributed by atoms with Gasteiger partial charge in [-0.1, -0.05) is 0 Å². The van der Waals surface area contributed by atoms with E-state index in [1.807, 2.05) is 0 Å². The van der Waals surface area contributed by atoms with Gasteiger partial charge in [-0.05, 0) is 25.0 Å². The lowest BCUT2D eigenvalue weighted by molar-refractivity contribution is -0.131. The molecule has 0 radical (unpaired) electrons. The van der Waals surface area contributed by atoms with Gasteiger partial charge in [-0.25, -0.2) is 18.2 Å².